The van der Waals surface area contributed by atoms with Crippen LogP contribution in [-0.2, 0) is 4.79 Å². The van der Waals surface area contributed by atoms with Gasteiger partial charge in [-0.1, -0.05) is 29.8 Å². The number of nitrogens with two attached hydrogens (primary N) is 1. The summed E-state index contributed by atoms with van der Waals surface area (Å²) >= 11 is 1.93. The molecular weight excluding hydrogens is 292 g/mol. The van der Waals surface area contributed by atoms with Gasteiger partial charge in [0.1, 0.15) is 0 Å². The molecule has 0 radical (unpaired) electrons. The molecule has 5 heteroatoms. The summed E-state index contributed by atoms with van der Waals surface area (Å²) in [4.78, 5) is 14.3. The van der Waals surface area contributed by atoms with Gasteiger partial charge in [0.2, 0.25) is 5.91 Å². The SMILES string of the molecule is Cc1ccc(C2CSCCN2C(=O)CCCN)cc1.Cl. The summed E-state index contributed by atoms with van der Waals surface area (Å²) in [6, 6.07) is 8.77. The van der Waals surface area contributed by atoms with Crippen molar-refractivity contribution in [1.29, 1.82) is 0 Å². The van der Waals surface area contributed by atoms with Crippen LogP contribution in [0.3, 0.4) is 0 Å². The number of thioether (sulfide) groups is 1. The quantitative estimate of drug-likeness (QED) is 0.929. The molecule has 1 aromatic rings. The maximum absolute atomic E-state index is 12.3. The minimum absolute atomic E-state index is 0. The first-order chi connectivity index (χ1) is 9.22. The van der Waals surface area contributed by atoms with Crippen molar-refractivity contribution >= 4 is 30.1 Å². The predicted molar refractivity (Wildman–Crippen MR) is 88.5 cm³/mol. The molecule has 1 aliphatic rings. The average molecular weight is 315 g/mol. The molecule has 0 bridgehead atoms. The molecule has 1 aromatic carbocycles. The molecule has 0 spiro atoms. The fourth-order valence-electron chi connectivity index (χ4n) is 2.36. The molecule has 1 amide bonds. The van der Waals surface area contributed by atoms with Gasteiger partial charge in [-0.15, -0.1) is 12.4 Å². The van der Waals surface area contributed by atoms with Crippen LogP contribution < -0.4 is 5.73 Å². The highest BCUT2D eigenvalue weighted by Gasteiger charge is 2.27. The fraction of sp³-hybridized carbons (Fsp3) is 0.533. The van der Waals surface area contributed by atoms with E-state index in [1.807, 2.05) is 16.7 Å². The second-order valence-corrected chi connectivity index (χ2v) is 6.13. The molecule has 1 unspecified atom stereocenters. The largest absolute Gasteiger partial charge is 0.334 e. The average Bonchev–Trinajstić information content (AvgIpc) is 2.45. The Bertz CT molecular complexity index is 424. The number of halogens is 1. The van der Waals surface area contributed by atoms with E-state index in [2.05, 4.69) is 31.2 Å². The minimum Gasteiger partial charge on any atom is -0.334 e. The summed E-state index contributed by atoms with van der Waals surface area (Å²) in [6.07, 6.45) is 1.35. The van der Waals surface area contributed by atoms with Gasteiger partial charge in [-0.05, 0) is 25.5 Å². The molecule has 112 valence electrons. The smallest absolute Gasteiger partial charge is 0.223 e. The molecule has 3 nitrogen and oxygen atoms in total. The molecule has 0 saturated carbocycles. The van der Waals surface area contributed by atoms with Crippen LogP contribution in [0.5, 0.6) is 0 Å². The van der Waals surface area contributed by atoms with E-state index in [4.69, 9.17) is 5.73 Å². The van der Waals surface area contributed by atoms with Crippen LogP contribution >= 0.6 is 24.2 Å². The molecule has 1 heterocycles. The Morgan fingerprint density at radius 3 is 2.75 bits per heavy atom. The molecule has 2 N–H and O–H groups in total. The van der Waals surface area contributed by atoms with Gasteiger partial charge in [0.15, 0.2) is 0 Å². The van der Waals surface area contributed by atoms with Gasteiger partial charge in [0, 0.05) is 24.5 Å². The molecule has 1 saturated heterocycles. The highest BCUT2D eigenvalue weighted by molar-refractivity contribution is 7.99. The van der Waals surface area contributed by atoms with Crippen LogP contribution in [0.1, 0.15) is 30.0 Å². The van der Waals surface area contributed by atoms with Crippen LogP contribution in [0.4, 0.5) is 0 Å². The molecule has 2 rings (SSSR count). The predicted octanol–water partition coefficient (Wildman–Crippen LogP) is 2.77. The number of benzene rings is 1. The van der Waals surface area contributed by atoms with Gasteiger partial charge in [-0.3, -0.25) is 4.79 Å². The lowest BCUT2D eigenvalue weighted by molar-refractivity contribution is -0.133. The summed E-state index contributed by atoms with van der Waals surface area (Å²) in [5.41, 5.74) is 8.00. The summed E-state index contributed by atoms with van der Waals surface area (Å²) < 4.78 is 0. The van der Waals surface area contributed by atoms with Gasteiger partial charge in [-0.2, -0.15) is 11.8 Å². The van der Waals surface area contributed by atoms with Crippen molar-refractivity contribution in [3.05, 3.63) is 35.4 Å². The second kappa shape index (κ2) is 8.55. The van der Waals surface area contributed by atoms with E-state index in [0.29, 0.717) is 13.0 Å². The van der Waals surface area contributed by atoms with Gasteiger partial charge in [0.05, 0.1) is 6.04 Å². The van der Waals surface area contributed by atoms with Crippen molar-refractivity contribution in [2.24, 2.45) is 5.73 Å². The Morgan fingerprint density at radius 1 is 1.40 bits per heavy atom. The molecule has 1 atom stereocenters. The van der Waals surface area contributed by atoms with Crippen molar-refractivity contribution in [2.75, 3.05) is 24.6 Å². The zero-order chi connectivity index (χ0) is 13.7. The van der Waals surface area contributed by atoms with E-state index in [-0.39, 0.29) is 24.4 Å². The lowest BCUT2D eigenvalue weighted by Gasteiger charge is -2.36. The summed E-state index contributed by atoms with van der Waals surface area (Å²) in [7, 11) is 0. The molecule has 0 aromatic heterocycles. The number of carbonyl (C=O) groups excluding carboxylic acids is 1. The highest BCUT2D eigenvalue weighted by atomic mass is 35.5. The Labute approximate surface area is 131 Å². The van der Waals surface area contributed by atoms with E-state index in [1.165, 1.54) is 11.1 Å². The van der Waals surface area contributed by atoms with E-state index in [9.17, 15) is 4.79 Å². The minimum atomic E-state index is 0. The van der Waals surface area contributed by atoms with Crippen LogP contribution in [0.25, 0.3) is 0 Å². The molecular formula is C15H23ClN2OS. The Balaban J connectivity index is 0.00000200. The summed E-state index contributed by atoms with van der Waals surface area (Å²) in [5.74, 6) is 2.28. The van der Waals surface area contributed by atoms with Crippen molar-refractivity contribution in [2.45, 2.75) is 25.8 Å². The van der Waals surface area contributed by atoms with E-state index < -0.39 is 0 Å². The zero-order valence-corrected chi connectivity index (χ0v) is 13.5. The lowest BCUT2D eigenvalue weighted by Crippen LogP contribution is -2.40. The van der Waals surface area contributed by atoms with E-state index in [0.717, 1.165) is 24.5 Å². The monoisotopic (exact) mass is 314 g/mol. The van der Waals surface area contributed by atoms with Gasteiger partial charge in [-0.25, -0.2) is 0 Å². The summed E-state index contributed by atoms with van der Waals surface area (Å²) in [5, 5.41) is 0. The standard InChI is InChI=1S/C15H22N2OS.ClH/c1-12-4-6-13(7-5-12)14-11-19-10-9-17(14)15(18)3-2-8-16;/h4-7,14H,2-3,8-11,16H2,1H3;1H. The van der Waals surface area contributed by atoms with Crippen LogP contribution in [0, 0.1) is 6.92 Å². The molecule has 1 aliphatic heterocycles. The zero-order valence-electron chi connectivity index (χ0n) is 11.9. The second-order valence-electron chi connectivity index (χ2n) is 4.98. The fourth-order valence-corrected chi connectivity index (χ4v) is 3.45. The van der Waals surface area contributed by atoms with E-state index in [1.54, 1.807) is 0 Å². The van der Waals surface area contributed by atoms with Crippen LogP contribution in [-0.4, -0.2) is 35.4 Å². The van der Waals surface area contributed by atoms with Crippen LogP contribution in [0.2, 0.25) is 0 Å². The van der Waals surface area contributed by atoms with Crippen molar-refractivity contribution in [1.82, 2.24) is 4.90 Å². The van der Waals surface area contributed by atoms with E-state index >= 15 is 0 Å². The normalized spacial score (nSPS) is 18.5. The maximum Gasteiger partial charge on any atom is 0.223 e. The number of nitrogens with zero attached hydrogens (tertiary/aromatic N) is 1. The number of hydrogen-bond acceptors (Lipinski definition) is 3. The van der Waals surface area contributed by atoms with Gasteiger partial charge >= 0.3 is 0 Å². The Hall–Kier alpha value is -0.710. The number of amides is 1. The third kappa shape index (κ3) is 4.40. The lowest BCUT2D eigenvalue weighted by atomic mass is 10.0. The maximum atomic E-state index is 12.3. The van der Waals surface area contributed by atoms with Gasteiger partial charge in [0.25, 0.3) is 0 Å². The third-order valence-electron chi connectivity index (χ3n) is 3.51. The Kier molecular flexibility index (Phi) is 7.41. The first kappa shape index (κ1) is 17.3. The number of hydrogen-bond donors (Lipinski definition) is 1. The van der Waals surface area contributed by atoms with Crippen molar-refractivity contribution in [3.63, 3.8) is 0 Å². The first-order valence-corrected chi connectivity index (χ1v) is 8.01. The van der Waals surface area contributed by atoms with Gasteiger partial charge < -0.3 is 10.6 Å². The highest BCUT2D eigenvalue weighted by Crippen LogP contribution is 2.30. The first-order valence-electron chi connectivity index (χ1n) is 6.86. The number of rotatable bonds is 4. The molecule has 20 heavy (non-hydrogen) atoms. The third-order valence-corrected chi connectivity index (χ3v) is 4.53. The molecule has 0 aliphatic carbocycles. The van der Waals surface area contributed by atoms with Crippen molar-refractivity contribution < 1.29 is 4.79 Å². The number of carbonyl (C=O) groups is 1. The molecule has 1 fully saturated rings. The van der Waals surface area contributed by atoms with Crippen molar-refractivity contribution in [3.8, 4) is 0 Å². The summed E-state index contributed by atoms with van der Waals surface area (Å²) in [6.45, 7) is 3.53. The topological polar surface area (TPSA) is 46.3 Å². The Morgan fingerprint density at radius 2 is 2.10 bits per heavy atom. The van der Waals surface area contributed by atoms with Crippen LogP contribution in [0.15, 0.2) is 24.3 Å². The number of aryl methyl sites for hydroxylation is 1.